The average Bonchev–Trinajstić information content (AvgIpc) is 3.04. The van der Waals surface area contributed by atoms with Crippen LogP contribution in [0.1, 0.15) is 41.1 Å². The maximum atomic E-state index is 12.3. The molecular formula is C19H26N4O. The van der Waals surface area contributed by atoms with Crippen molar-refractivity contribution in [2.75, 3.05) is 13.1 Å². The number of rotatable bonds is 5. The topological polar surface area (TPSA) is 59.0 Å². The van der Waals surface area contributed by atoms with Crippen LogP contribution in [0.15, 0.2) is 30.5 Å². The van der Waals surface area contributed by atoms with Crippen LogP contribution in [0.25, 0.3) is 0 Å². The molecule has 24 heavy (non-hydrogen) atoms. The van der Waals surface area contributed by atoms with E-state index in [9.17, 15) is 4.79 Å². The minimum atomic E-state index is 0.00428. The first-order valence-corrected chi connectivity index (χ1v) is 8.69. The molecule has 2 heterocycles. The van der Waals surface area contributed by atoms with Crippen molar-refractivity contribution >= 4 is 5.91 Å². The van der Waals surface area contributed by atoms with Crippen molar-refractivity contribution in [2.24, 2.45) is 0 Å². The van der Waals surface area contributed by atoms with E-state index in [1.165, 1.54) is 23.1 Å². The lowest BCUT2D eigenvalue weighted by molar-refractivity contribution is -0.122. The molecule has 0 saturated carbocycles. The summed E-state index contributed by atoms with van der Waals surface area (Å²) in [5, 5.41) is 10.8. The van der Waals surface area contributed by atoms with Crippen LogP contribution < -0.4 is 10.6 Å². The zero-order chi connectivity index (χ0) is 16.9. The van der Waals surface area contributed by atoms with Gasteiger partial charge in [-0.2, -0.15) is 5.10 Å². The zero-order valence-corrected chi connectivity index (χ0v) is 14.5. The van der Waals surface area contributed by atoms with Crippen LogP contribution in [0.5, 0.6) is 0 Å². The Labute approximate surface area is 143 Å². The van der Waals surface area contributed by atoms with Crippen LogP contribution in [-0.4, -0.2) is 28.8 Å². The molecule has 0 aliphatic carbocycles. The second-order valence-corrected chi connectivity index (χ2v) is 6.66. The van der Waals surface area contributed by atoms with E-state index in [0.29, 0.717) is 12.5 Å². The molecule has 1 aromatic heterocycles. The third-order valence-corrected chi connectivity index (χ3v) is 4.74. The van der Waals surface area contributed by atoms with Crippen molar-refractivity contribution in [3.05, 3.63) is 52.8 Å². The van der Waals surface area contributed by atoms with Gasteiger partial charge in [0.2, 0.25) is 5.91 Å². The monoisotopic (exact) mass is 326 g/mol. The summed E-state index contributed by atoms with van der Waals surface area (Å²) < 4.78 is 1.84. The number of aryl methyl sites for hydroxylation is 2. The number of hydrogen-bond donors (Lipinski definition) is 2. The molecule has 128 valence electrons. The normalized spacial score (nSPS) is 17.7. The fraction of sp³-hybridized carbons (Fsp3) is 0.474. The number of aromatic nitrogens is 2. The Bertz CT molecular complexity index is 701. The van der Waals surface area contributed by atoms with Crippen molar-refractivity contribution in [3.63, 3.8) is 0 Å². The van der Waals surface area contributed by atoms with E-state index < -0.39 is 0 Å². The van der Waals surface area contributed by atoms with Gasteiger partial charge in [-0.15, -0.1) is 0 Å². The van der Waals surface area contributed by atoms with Gasteiger partial charge in [-0.1, -0.05) is 23.8 Å². The minimum absolute atomic E-state index is 0.00428. The second-order valence-electron chi connectivity index (χ2n) is 6.66. The summed E-state index contributed by atoms with van der Waals surface area (Å²) in [6.07, 6.45) is 4.12. The molecule has 1 atom stereocenters. The van der Waals surface area contributed by atoms with Crippen LogP contribution in [0, 0.1) is 13.8 Å². The third kappa shape index (κ3) is 4.03. The first kappa shape index (κ1) is 16.7. The Balaban J connectivity index is 1.59. The molecule has 1 aliphatic rings. The van der Waals surface area contributed by atoms with Gasteiger partial charge in [-0.05, 0) is 50.4 Å². The number of amides is 1. The molecule has 2 N–H and O–H groups in total. The molecular weight excluding hydrogens is 300 g/mol. The fourth-order valence-electron chi connectivity index (χ4n) is 3.30. The van der Waals surface area contributed by atoms with Crippen molar-refractivity contribution < 1.29 is 4.79 Å². The summed E-state index contributed by atoms with van der Waals surface area (Å²) in [5.41, 5.74) is 4.74. The molecule has 5 nitrogen and oxygen atoms in total. The van der Waals surface area contributed by atoms with Crippen molar-refractivity contribution in [1.82, 2.24) is 20.4 Å². The summed E-state index contributed by atoms with van der Waals surface area (Å²) in [6, 6.07) is 8.35. The fourth-order valence-corrected chi connectivity index (χ4v) is 3.30. The summed E-state index contributed by atoms with van der Waals surface area (Å²) in [4.78, 5) is 12.3. The molecule has 0 spiro atoms. The van der Waals surface area contributed by atoms with Gasteiger partial charge in [0, 0.05) is 30.9 Å². The molecule has 5 heteroatoms. The van der Waals surface area contributed by atoms with E-state index in [0.717, 1.165) is 25.2 Å². The van der Waals surface area contributed by atoms with Crippen LogP contribution in [0.4, 0.5) is 0 Å². The van der Waals surface area contributed by atoms with Gasteiger partial charge in [-0.3, -0.25) is 9.48 Å². The standard InChI is InChI=1S/C19H26N4O/c1-14-5-6-15(2)17(10-14)12-21-19(24)13-23-18(7-9-22-23)16-4-3-8-20-11-16/h5-7,9-10,16,20H,3-4,8,11-13H2,1-2H3,(H,21,24)/t16-/m1/s1. The van der Waals surface area contributed by atoms with E-state index in [1.807, 2.05) is 10.7 Å². The molecule has 0 radical (unpaired) electrons. The number of carbonyl (C=O) groups excluding carboxylic acids is 1. The highest BCUT2D eigenvalue weighted by Gasteiger charge is 2.19. The Morgan fingerprint density at radius 1 is 1.38 bits per heavy atom. The second kappa shape index (κ2) is 7.62. The highest BCUT2D eigenvalue weighted by atomic mass is 16.2. The van der Waals surface area contributed by atoms with Gasteiger partial charge in [0.1, 0.15) is 6.54 Å². The molecule has 1 amide bonds. The van der Waals surface area contributed by atoms with Crippen molar-refractivity contribution in [1.29, 1.82) is 0 Å². The smallest absolute Gasteiger partial charge is 0.242 e. The third-order valence-electron chi connectivity index (χ3n) is 4.74. The highest BCUT2D eigenvalue weighted by molar-refractivity contribution is 5.75. The number of nitrogens with one attached hydrogen (secondary N) is 2. The van der Waals surface area contributed by atoms with Gasteiger partial charge in [0.15, 0.2) is 0 Å². The van der Waals surface area contributed by atoms with Gasteiger partial charge < -0.3 is 10.6 Å². The largest absolute Gasteiger partial charge is 0.350 e. The van der Waals surface area contributed by atoms with E-state index in [2.05, 4.69) is 47.8 Å². The van der Waals surface area contributed by atoms with Gasteiger partial charge in [0.25, 0.3) is 0 Å². The Morgan fingerprint density at radius 3 is 3.04 bits per heavy atom. The summed E-state index contributed by atoms with van der Waals surface area (Å²) >= 11 is 0. The Hall–Kier alpha value is -2.14. The first-order valence-electron chi connectivity index (χ1n) is 8.69. The quantitative estimate of drug-likeness (QED) is 0.886. The maximum Gasteiger partial charge on any atom is 0.242 e. The van der Waals surface area contributed by atoms with E-state index in [4.69, 9.17) is 0 Å². The lowest BCUT2D eigenvalue weighted by Gasteiger charge is -2.23. The average molecular weight is 326 g/mol. The molecule has 1 fully saturated rings. The van der Waals surface area contributed by atoms with Crippen LogP contribution in [0.2, 0.25) is 0 Å². The molecule has 1 saturated heterocycles. The number of benzene rings is 1. The van der Waals surface area contributed by atoms with Crippen LogP contribution in [-0.2, 0) is 17.9 Å². The lowest BCUT2D eigenvalue weighted by atomic mass is 9.96. The summed E-state index contributed by atoms with van der Waals surface area (Å²) in [6.45, 7) is 7.04. The highest BCUT2D eigenvalue weighted by Crippen LogP contribution is 2.22. The molecule has 2 aromatic rings. The Kier molecular flexibility index (Phi) is 5.30. The number of nitrogens with zero attached hydrogens (tertiary/aromatic N) is 2. The molecule has 0 unspecified atom stereocenters. The van der Waals surface area contributed by atoms with Gasteiger partial charge in [0.05, 0.1) is 0 Å². The number of hydrogen-bond acceptors (Lipinski definition) is 3. The lowest BCUT2D eigenvalue weighted by Crippen LogP contribution is -2.32. The molecule has 0 bridgehead atoms. The van der Waals surface area contributed by atoms with E-state index in [1.54, 1.807) is 6.20 Å². The molecule has 3 rings (SSSR count). The number of carbonyl (C=O) groups is 1. The van der Waals surface area contributed by atoms with Gasteiger partial charge in [-0.25, -0.2) is 0 Å². The Morgan fingerprint density at radius 2 is 2.25 bits per heavy atom. The van der Waals surface area contributed by atoms with Crippen molar-refractivity contribution in [2.45, 2.75) is 45.7 Å². The van der Waals surface area contributed by atoms with Crippen LogP contribution >= 0.6 is 0 Å². The minimum Gasteiger partial charge on any atom is -0.350 e. The van der Waals surface area contributed by atoms with E-state index >= 15 is 0 Å². The molecule has 1 aromatic carbocycles. The van der Waals surface area contributed by atoms with E-state index in [-0.39, 0.29) is 12.5 Å². The van der Waals surface area contributed by atoms with Crippen LogP contribution in [0.3, 0.4) is 0 Å². The zero-order valence-electron chi connectivity index (χ0n) is 14.5. The predicted molar refractivity (Wildman–Crippen MR) is 94.8 cm³/mol. The summed E-state index contributed by atoms with van der Waals surface area (Å²) in [7, 11) is 0. The van der Waals surface area contributed by atoms with Gasteiger partial charge >= 0.3 is 0 Å². The summed E-state index contributed by atoms with van der Waals surface area (Å²) in [5.74, 6) is 0.456. The first-order chi connectivity index (χ1) is 11.6. The maximum absolute atomic E-state index is 12.3. The SMILES string of the molecule is Cc1ccc(C)c(CNC(=O)Cn2nccc2[C@@H]2CCCNC2)c1. The number of piperidine rings is 1. The molecule has 1 aliphatic heterocycles. The van der Waals surface area contributed by atoms with Crippen molar-refractivity contribution in [3.8, 4) is 0 Å². The predicted octanol–water partition coefficient (Wildman–Crippen LogP) is 2.28.